The summed E-state index contributed by atoms with van der Waals surface area (Å²) in [5, 5.41) is 2.43. The molecule has 0 spiro atoms. The van der Waals surface area contributed by atoms with E-state index in [0.29, 0.717) is 13.1 Å². The minimum atomic E-state index is -0.780. The Morgan fingerprint density at radius 3 is 2.61 bits per heavy atom. The molecule has 0 aromatic heterocycles. The lowest BCUT2D eigenvalue weighted by molar-refractivity contribution is 0.195. The SMILES string of the molecule is NC1CCN(C(=O)Nc2ccc(F)cc2F)CC1. The number of nitrogens with two attached hydrogens (primary N) is 1. The molecule has 1 aromatic rings. The van der Waals surface area contributed by atoms with E-state index in [1.54, 1.807) is 4.90 Å². The van der Waals surface area contributed by atoms with Crippen LogP contribution in [0.15, 0.2) is 18.2 Å². The molecule has 18 heavy (non-hydrogen) atoms. The monoisotopic (exact) mass is 255 g/mol. The molecule has 3 N–H and O–H groups in total. The number of hydrogen-bond donors (Lipinski definition) is 2. The van der Waals surface area contributed by atoms with Gasteiger partial charge in [0.05, 0.1) is 5.69 Å². The van der Waals surface area contributed by atoms with E-state index in [1.165, 1.54) is 6.07 Å². The molecule has 1 aromatic carbocycles. The summed E-state index contributed by atoms with van der Waals surface area (Å²) in [4.78, 5) is 13.4. The maximum absolute atomic E-state index is 13.3. The van der Waals surface area contributed by atoms with Crippen molar-refractivity contribution < 1.29 is 13.6 Å². The number of benzene rings is 1. The lowest BCUT2D eigenvalue weighted by atomic mass is 10.1. The number of carbonyl (C=O) groups is 1. The largest absolute Gasteiger partial charge is 0.328 e. The van der Waals surface area contributed by atoms with E-state index >= 15 is 0 Å². The molecule has 0 unspecified atom stereocenters. The summed E-state index contributed by atoms with van der Waals surface area (Å²) in [5.74, 6) is -1.45. The highest BCUT2D eigenvalue weighted by Gasteiger charge is 2.21. The summed E-state index contributed by atoms with van der Waals surface area (Å²) in [6.07, 6.45) is 1.47. The first-order chi connectivity index (χ1) is 8.56. The third-order valence-corrected chi connectivity index (χ3v) is 3.00. The van der Waals surface area contributed by atoms with Crippen LogP contribution in [0.4, 0.5) is 19.3 Å². The second-order valence-electron chi connectivity index (χ2n) is 4.38. The molecule has 2 amide bonds. The Kier molecular flexibility index (Phi) is 3.76. The number of rotatable bonds is 1. The lowest BCUT2D eigenvalue weighted by Crippen LogP contribution is -2.44. The zero-order valence-electron chi connectivity index (χ0n) is 9.83. The fraction of sp³-hybridized carbons (Fsp3) is 0.417. The average molecular weight is 255 g/mol. The first-order valence-electron chi connectivity index (χ1n) is 5.83. The Balaban J connectivity index is 1.98. The van der Waals surface area contributed by atoms with Gasteiger partial charge in [0.1, 0.15) is 11.6 Å². The quantitative estimate of drug-likeness (QED) is 0.805. The first-order valence-corrected chi connectivity index (χ1v) is 5.83. The molecule has 2 rings (SSSR count). The van der Waals surface area contributed by atoms with Gasteiger partial charge in [0, 0.05) is 25.2 Å². The Morgan fingerprint density at radius 1 is 1.33 bits per heavy atom. The van der Waals surface area contributed by atoms with E-state index in [4.69, 9.17) is 5.73 Å². The van der Waals surface area contributed by atoms with Crippen molar-refractivity contribution in [1.82, 2.24) is 4.90 Å². The van der Waals surface area contributed by atoms with Gasteiger partial charge in [0.25, 0.3) is 0 Å². The summed E-state index contributed by atoms with van der Waals surface area (Å²) in [7, 11) is 0. The summed E-state index contributed by atoms with van der Waals surface area (Å²) in [6.45, 7) is 1.10. The van der Waals surface area contributed by atoms with Crippen molar-refractivity contribution in [2.24, 2.45) is 5.73 Å². The predicted molar refractivity (Wildman–Crippen MR) is 64.2 cm³/mol. The van der Waals surface area contributed by atoms with E-state index in [-0.39, 0.29) is 17.8 Å². The zero-order valence-corrected chi connectivity index (χ0v) is 9.83. The van der Waals surface area contributed by atoms with Crippen molar-refractivity contribution >= 4 is 11.7 Å². The summed E-state index contributed by atoms with van der Waals surface area (Å²) in [5.41, 5.74) is 5.71. The molecule has 1 saturated heterocycles. The second kappa shape index (κ2) is 5.30. The van der Waals surface area contributed by atoms with Crippen LogP contribution in [0, 0.1) is 11.6 Å². The van der Waals surface area contributed by atoms with Crippen LogP contribution in [0.1, 0.15) is 12.8 Å². The van der Waals surface area contributed by atoms with E-state index in [1.807, 2.05) is 0 Å². The number of carbonyl (C=O) groups excluding carboxylic acids is 1. The number of likely N-dealkylation sites (tertiary alicyclic amines) is 1. The van der Waals surface area contributed by atoms with Gasteiger partial charge in [0.2, 0.25) is 0 Å². The number of amides is 2. The fourth-order valence-electron chi connectivity index (χ4n) is 1.89. The van der Waals surface area contributed by atoms with Gasteiger partial charge in [0.15, 0.2) is 0 Å². The van der Waals surface area contributed by atoms with Crippen LogP contribution in [0.3, 0.4) is 0 Å². The van der Waals surface area contributed by atoms with Crippen molar-refractivity contribution in [2.45, 2.75) is 18.9 Å². The number of hydrogen-bond acceptors (Lipinski definition) is 2. The fourth-order valence-corrected chi connectivity index (χ4v) is 1.89. The maximum atomic E-state index is 13.3. The zero-order chi connectivity index (χ0) is 13.1. The summed E-state index contributed by atoms with van der Waals surface area (Å²) >= 11 is 0. The molecule has 0 atom stereocenters. The van der Waals surface area contributed by atoms with Crippen molar-refractivity contribution in [1.29, 1.82) is 0 Å². The smallest absolute Gasteiger partial charge is 0.321 e. The summed E-state index contributed by atoms with van der Waals surface area (Å²) < 4.78 is 26.1. The molecule has 1 aliphatic heterocycles. The van der Waals surface area contributed by atoms with Crippen LogP contribution >= 0.6 is 0 Å². The minimum absolute atomic E-state index is 0.0173. The third kappa shape index (κ3) is 2.95. The van der Waals surface area contributed by atoms with Gasteiger partial charge >= 0.3 is 6.03 Å². The minimum Gasteiger partial charge on any atom is -0.328 e. The van der Waals surface area contributed by atoms with Crippen molar-refractivity contribution in [3.05, 3.63) is 29.8 Å². The normalized spacial score (nSPS) is 16.7. The van der Waals surface area contributed by atoms with Gasteiger partial charge < -0.3 is 16.0 Å². The van der Waals surface area contributed by atoms with E-state index in [9.17, 15) is 13.6 Å². The molecule has 1 heterocycles. The van der Waals surface area contributed by atoms with Gasteiger partial charge in [-0.05, 0) is 25.0 Å². The molecule has 1 aliphatic rings. The molecule has 0 saturated carbocycles. The highest BCUT2D eigenvalue weighted by molar-refractivity contribution is 5.89. The van der Waals surface area contributed by atoms with Crippen molar-refractivity contribution in [3.8, 4) is 0 Å². The number of nitrogens with one attached hydrogen (secondary N) is 1. The predicted octanol–water partition coefficient (Wildman–Crippen LogP) is 1.92. The molecule has 0 bridgehead atoms. The van der Waals surface area contributed by atoms with Crippen LogP contribution in [-0.2, 0) is 0 Å². The van der Waals surface area contributed by atoms with Crippen LogP contribution < -0.4 is 11.1 Å². The molecular weight excluding hydrogens is 240 g/mol. The first kappa shape index (κ1) is 12.8. The Bertz CT molecular complexity index is 445. The highest BCUT2D eigenvalue weighted by atomic mass is 19.1. The second-order valence-corrected chi connectivity index (χ2v) is 4.38. The number of anilines is 1. The van der Waals surface area contributed by atoms with Crippen molar-refractivity contribution in [3.63, 3.8) is 0 Å². The van der Waals surface area contributed by atoms with Crippen molar-refractivity contribution in [2.75, 3.05) is 18.4 Å². The highest BCUT2D eigenvalue weighted by Crippen LogP contribution is 2.16. The number of piperidine rings is 1. The standard InChI is InChI=1S/C12H15F2N3O/c13-8-1-2-11(10(14)7-8)16-12(18)17-5-3-9(15)4-6-17/h1-2,7,9H,3-6,15H2,(H,16,18). The maximum Gasteiger partial charge on any atom is 0.321 e. The van der Waals surface area contributed by atoms with Gasteiger partial charge in [-0.3, -0.25) is 0 Å². The molecule has 1 fully saturated rings. The molecule has 98 valence electrons. The van der Waals surface area contributed by atoms with Crippen LogP contribution in [0.5, 0.6) is 0 Å². The molecule has 4 nitrogen and oxygen atoms in total. The number of nitrogens with zero attached hydrogens (tertiary/aromatic N) is 1. The topological polar surface area (TPSA) is 58.4 Å². The van der Waals surface area contributed by atoms with Crippen LogP contribution in [0.25, 0.3) is 0 Å². The van der Waals surface area contributed by atoms with E-state index in [2.05, 4.69) is 5.32 Å². The average Bonchev–Trinajstić information content (AvgIpc) is 2.33. The van der Waals surface area contributed by atoms with E-state index in [0.717, 1.165) is 25.0 Å². The number of halogens is 2. The molecule has 0 aliphatic carbocycles. The van der Waals surface area contributed by atoms with Gasteiger partial charge in [-0.15, -0.1) is 0 Å². The number of urea groups is 1. The third-order valence-electron chi connectivity index (χ3n) is 3.00. The molecule has 0 radical (unpaired) electrons. The van der Waals surface area contributed by atoms with Crippen LogP contribution in [0.2, 0.25) is 0 Å². The van der Waals surface area contributed by atoms with Gasteiger partial charge in [-0.2, -0.15) is 0 Å². The summed E-state index contributed by atoms with van der Waals surface area (Å²) in [6, 6.07) is 2.79. The Morgan fingerprint density at radius 2 is 2.00 bits per heavy atom. The van der Waals surface area contributed by atoms with Gasteiger partial charge in [-0.25, -0.2) is 13.6 Å². The Labute approximate surface area is 104 Å². The van der Waals surface area contributed by atoms with Crippen LogP contribution in [-0.4, -0.2) is 30.1 Å². The Hall–Kier alpha value is -1.69. The van der Waals surface area contributed by atoms with E-state index < -0.39 is 11.6 Å². The lowest BCUT2D eigenvalue weighted by Gasteiger charge is -2.30. The molecular formula is C12H15F2N3O. The molecule has 6 heteroatoms. The van der Waals surface area contributed by atoms with Gasteiger partial charge in [-0.1, -0.05) is 0 Å².